The van der Waals surface area contributed by atoms with Crippen molar-refractivity contribution < 1.29 is 9.13 Å². The highest BCUT2D eigenvalue weighted by Gasteiger charge is 2.13. The van der Waals surface area contributed by atoms with E-state index < -0.39 is 5.82 Å². The zero-order valence-corrected chi connectivity index (χ0v) is 8.46. The third kappa shape index (κ3) is 2.02. The molecule has 0 unspecified atom stereocenters. The molecule has 0 aliphatic carbocycles. The predicted molar refractivity (Wildman–Crippen MR) is 57.2 cm³/mol. The zero-order valence-electron chi connectivity index (χ0n) is 8.46. The van der Waals surface area contributed by atoms with Crippen molar-refractivity contribution in [2.75, 3.05) is 7.11 Å². The molecule has 0 spiro atoms. The average molecular weight is 211 g/mol. The number of rotatable bonds is 3. The van der Waals surface area contributed by atoms with Gasteiger partial charge in [-0.1, -0.05) is 0 Å². The highest BCUT2D eigenvalue weighted by molar-refractivity contribution is 5.66. The first-order chi connectivity index (χ1) is 7.15. The van der Waals surface area contributed by atoms with E-state index in [0.717, 1.165) is 0 Å². The minimum Gasteiger partial charge on any atom is -0.494 e. The molecule has 0 saturated carbocycles. The van der Waals surface area contributed by atoms with Crippen molar-refractivity contribution in [3.63, 3.8) is 0 Å². The van der Waals surface area contributed by atoms with Crippen LogP contribution in [0.25, 0.3) is 5.70 Å². The van der Waals surface area contributed by atoms with Gasteiger partial charge in [-0.25, -0.2) is 4.39 Å². The largest absolute Gasteiger partial charge is 0.494 e. The first-order valence-corrected chi connectivity index (χ1v) is 4.38. The average Bonchev–Trinajstić information content (AvgIpc) is 2.27. The summed E-state index contributed by atoms with van der Waals surface area (Å²) in [6.45, 7) is 0.0346. The van der Waals surface area contributed by atoms with Gasteiger partial charge in [0.05, 0.1) is 12.8 Å². The summed E-state index contributed by atoms with van der Waals surface area (Å²) in [4.78, 5) is 0. The first-order valence-electron chi connectivity index (χ1n) is 4.38. The van der Waals surface area contributed by atoms with Crippen LogP contribution in [0, 0.1) is 5.82 Å². The van der Waals surface area contributed by atoms with Gasteiger partial charge in [0, 0.05) is 23.9 Å². The Kier molecular flexibility index (Phi) is 3.51. The van der Waals surface area contributed by atoms with Crippen molar-refractivity contribution in [2.45, 2.75) is 6.54 Å². The van der Waals surface area contributed by atoms with E-state index in [4.69, 9.17) is 21.9 Å². The van der Waals surface area contributed by atoms with Crippen molar-refractivity contribution in [1.29, 1.82) is 0 Å². The molecule has 15 heavy (non-hydrogen) atoms. The predicted octanol–water partition coefficient (Wildman–Crippen LogP) is 0.509. The smallest absolute Gasteiger partial charge is 0.170 e. The van der Waals surface area contributed by atoms with Crippen LogP contribution in [0.2, 0.25) is 0 Å². The number of methoxy groups -OCH3 is 1. The molecular weight excluding hydrogens is 197 g/mol. The molecular formula is C10H14FN3O. The minimum atomic E-state index is -0.498. The highest BCUT2D eigenvalue weighted by Crippen LogP contribution is 2.25. The number of hydrogen-bond donors (Lipinski definition) is 3. The molecule has 0 aromatic heterocycles. The maximum absolute atomic E-state index is 13.7. The summed E-state index contributed by atoms with van der Waals surface area (Å²) >= 11 is 0. The van der Waals surface area contributed by atoms with E-state index in [1.807, 2.05) is 0 Å². The van der Waals surface area contributed by atoms with Gasteiger partial charge in [0.25, 0.3) is 0 Å². The van der Waals surface area contributed by atoms with Crippen LogP contribution in [0.3, 0.4) is 0 Å². The molecule has 0 bridgehead atoms. The lowest BCUT2D eigenvalue weighted by Crippen LogP contribution is -2.10. The third-order valence-corrected chi connectivity index (χ3v) is 2.12. The fourth-order valence-electron chi connectivity index (χ4n) is 1.32. The van der Waals surface area contributed by atoms with Crippen LogP contribution < -0.4 is 21.9 Å². The number of ether oxygens (including phenoxy) is 1. The van der Waals surface area contributed by atoms with E-state index in [9.17, 15) is 4.39 Å². The summed E-state index contributed by atoms with van der Waals surface area (Å²) in [5.74, 6) is -0.355. The highest BCUT2D eigenvalue weighted by atomic mass is 19.1. The van der Waals surface area contributed by atoms with E-state index in [0.29, 0.717) is 11.1 Å². The van der Waals surface area contributed by atoms with Crippen LogP contribution >= 0.6 is 0 Å². The van der Waals surface area contributed by atoms with E-state index in [1.165, 1.54) is 19.4 Å². The third-order valence-electron chi connectivity index (χ3n) is 2.12. The van der Waals surface area contributed by atoms with Crippen molar-refractivity contribution in [3.05, 3.63) is 35.3 Å². The quantitative estimate of drug-likeness (QED) is 0.679. The van der Waals surface area contributed by atoms with Crippen LogP contribution in [0.5, 0.6) is 5.75 Å². The van der Waals surface area contributed by atoms with E-state index in [-0.39, 0.29) is 18.0 Å². The molecule has 5 heteroatoms. The lowest BCUT2D eigenvalue weighted by Gasteiger charge is -2.11. The fraction of sp³-hybridized carbons (Fsp3) is 0.200. The van der Waals surface area contributed by atoms with Crippen molar-refractivity contribution in [1.82, 2.24) is 0 Å². The summed E-state index contributed by atoms with van der Waals surface area (Å²) in [5.41, 5.74) is 17.4. The normalized spacial score (nSPS) is 11.5. The molecule has 6 N–H and O–H groups in total. The van der Waals surface area contributed by atoms with Gasteiger partial charge in [-0.05, 0) is 12.1 Å². The van der Waals surface area contributed by atoms with Gasteiger partial charge in [0.15, 0.2) is 11.6 Å². The number of benzene rings is 1. The molecule has 4 nitrogen and oxygen atoms in total. The van der Waals surface area contributed by atoms with Crippen LogP contribution in [0.15, 0.2) is 18.3 Å². The van der Waals surface area contributed by atoms with Gasteiger partial charge < -0.3 is 21.9 Å². The fourth-order valence-corrected chi connectivity index (χ4v) is 1.32. The van der Waals surface area contributed by atoms with E-state index in [2.05, 4.69) is 0 Å². The lowest BCUT2D eigenvalue weighted by molar-refractivity contribution is 0.384. The zero-order chi connectivity index (χ0) is 11.4. The van der Waals surface area contributed by atoms with E-state index >= 15 is 0 Å². The summed E-state index contributed by atoms with van der Waals surface area (Å²) in [6.07, 6.45) is 1.21. The molecule has 1 aromatic rings. The molecule has 0 amide bonds. The second-order valence-corrected chi connectivity index (χ2v) is 2.93. The molecule has 0 aliphatic rings. The molecule has 0 heterocycles. The Morgan fingerprint density at radius 2 is 2.20 bits per heavy atom. The lowest BCUT2D eigenvalue weighted by atomic mass is 10.0. The maximum atomic E-state index is 13.7. The number of hydrogen-bond acceptors (Lipinski definition) is 4. The van der Waals surface area contributed by atoms with Crippen molar-refractivity contribution >= 4 is 5.70 Å². The minimum absolute atomic E-state index is 0.0346. The molecule has 0 atom stereocenters. The maximum Gasteiger partial charge on any atom is 0.170 e. The Bertz CT molecular complexity index is 390. The van der Waals surface area contributed by atoms with Gasteiger partial charge in [-0.15, -0.1) is 0 Å². The first kappa shape index (κ1) is 11.3. The second kappa shape index (κ2) is 4.65. The summed E-state index contributed by atoms with van der Waals surface area (Å²) in [7, 11) is 1.39. The SMILES string of the molecule is COc1ccc(/C(N)=C/N)c(CN)c1F. The summed E-state index contributed by atoms with van der Waals surface area (Å²) < 4.78 is 18.5. The van der Waals surface area contributed by atoms with Crippen LogP contribution in [0.4, 0.5) is 4.39 Å². The summed E-state index contributed by atoms with van der Waals surface area (Å²) in [5, 5.41) is 0. The number of nitrogens with two attached hydrogens (primary N) is 3. The standard InChI is InChI=1S/C10H14FN3O/c1-15-9-3-2-6(8(14)5-13)7(4-12)10(9)11/h2-3,5H,4,12-14H2,1H3/b8-5-. The van der Waals surface area contributed by atoms with Gasteiger partial charge >= 0.3 is 0 Å². The van der Waals surface area contributed by atoms with Crippen LogP contribution in [-0.4, -0.2) is 7.11 Å². The molecule has 0 radical (unpaired) electrons. The molecule has 1 aromatic carbocycles. The van der Waals surface area contributed by atoms with Gasteiger partial charge in [0.1, 0.15) is 0 Å². The van der Waals surface area contributed by atoms with Crippen LogP contribution in [0.1, 0.15) is 11.1 Å². The molecule has 82 valence electrons. The number of halogens is 1. The van der Waals surface area contributed by atoms with Crippen molar-refractivity contribution in [2.24, 2.45) is 17.2 Å². The Morgan fingerprint density at radius 3 is 2.67 bits per heavy atom. The Labute approximate surface area is 87.5 Å². The Morgan fingerprint density at radius 1 is 1.53 bits per heavy atom. The monoisotopic (exact) mass is 211 g/mol. The van der Waals surface area contributed by atoms with Crippen LogP contribution in [-0.2, 0) is 6.54 Å². The Hall–Kier alpha value is -1.75. The topological polar surface area (TPSA) is 87.3 Å². The molecule has 0 aliphatic heterocycles. The van der Waals surface area contributed by atoms with Gasteiger partial charge in [-0.2, -0.15) is 0 Å². The summed E-state index contributed by atoms with van der Waals surface area (Å²) in [6, 6.07) is 3.11. The van der Waals surface area contributed by atoms with Gasteiger partial charge in [0.2, 0.25) is 0 Å². The Balaban J connectivity index is 3.37. The molecule has 0 fully saturated rings. The van der Waals surface area contributed by atoms with E-state index in [1.54, 1.807) is 6.07 Å². The molecule has 1 rings (SSSR count). The second-order valence-electron chi connectivity index (χ2n) is 2.93. The van der Waals surface area contributed by atoms with Crippen molar-refractivity contribution in [3.8, 4) is 5.75 Å². The molecule has 0 saturated heterocycles. The van der Waals surface area contributed by atoms with Gasteiger partial charge in [-0.3, -0.25) is 0 Å².